The van der Waals surface area contributed by atoms with Crippen LogP contribution in [0.15, 0.2) is 11.8 Å². The van der Waals surface area contributed by atoms with Crippen molar-refractivity contribution in [3.63, 3.8) is 0 Å². The van der Waals surface area contributed by atoms with Crippen LogP contribution in [0.2, 0.25) is 19.6 Å². The van der Waals surface area contributed by atoms with E-state index in [4.69, 9.17) is 0 Å². The Kier molecular flexibility index (Phi) is 3.50. The monoisotopic (exact) mass is 213 g/mol. The number of rotatable bonds is 3. The lowest BCUT2D eigenvalue weighted by Crippen LogP contribution is -2.33. The summed E-state index contributed by atoms with van der Waals surface area (Å²) < 4.78 is 0. The van der Waals surface area contributed by atoms with Crippen molar-refractivity contribution in [3.05, 3.63) is 11.8 Å². The van der Waals surface area contributed by atoms with Gasteiger partial charge in [0.15, 0.2) is 0 Å². The minimum absolute atomic E-state index is 0.0673. The molecule has 1 atom stereocenters. The molecule has 1 amide bonds. The predicted octanol–water partition coefficient (Wildman–Crippen LogP) is 1.36. The van der Waals surface area contributed by atoms with Crippen LogP contribution in [0.3, 0.4) is 0 Å². The minimum Gasteiger partial charge on any atom is -0.373 e. The number of likely N-dealkylation sites (tertiary alicyclic amines) is 1. The number of hydrogen-bond donors (Lipinski definition) is 1. The van der Waals surface area contributed by atoms with Gasteiger partial charge in [-0.05, 0) is 0 Å². The Morgan fingerprint density at radius 2 is 2.21 bits per heavy atom. The quantitative estimate of drug-likeness (QED) is 0.719. The van der Waals surface area contributed by atoms with Crippen molar-refractivity contribution >= 4 is 14.0 Å². The van der Waals surface area contributed by atoms with Crippen LogP contribution >= 0.6 is 0 Å². The third kappa shape index (κ3) is 3.27. The molecule has 0 bridgehead atoms. The summed E-state index contributed by atoms with van der Waals surface area (Å²) in [5, 5.41) is 9.47. The van der Waals surface area contributed by atoms with Gasteiger partial charge in [0.1, 0.15) is 6.23 Å². The predicted molar refractivity (Wildman–Crippen MR) is 59.4 cm³/mol. The molecule has 1 rings (SSSR count). The lowest BCUT2D eigenvalue weighted by atomic mass is 10.4. The van der Waals surface area contributed by atoms with E-state index in [2.05, 4.69) is 25.3 Å². The highest BCUT2D eigenvalue weighted by Crippen LogP contribution is 2.16. The molecule has 3 nitrogen and oxygen atoms in total. The smallest absolute Gasteiger partial charge is 0.225 e. The first kappa shape index (κ1) is 11.5. The van der Waals surface area contributed by atoms with Gasteiger partial charge < -0.3 is 10.0 Å². The van der Waals surface area contributed by atoms with E-state index in [1.54, 1.807) is 0 Å². The van der Waals surface area contributed by atoms with Crippen LogP contribution in [0, 0.1) is 0 Å². The molecule has 0 aromatic heterocycles. The Morgan fingerprint density at radius 1 is 1.57 bits per heavy atom. The fourth-order valence-electron chi connectivity index (χ4n) is 1.46. The van der Waals surface area contributed by atoms with Crippen molar-refractivity contribution in [1.82, 2.24) is 4.90 Å². The zero-order valence-electron chi connectivity index (χ0n) is 9.16. The van der Waals surface area contributed by atoms with Gasteiger partial charge in [0.05, 0.1) is 8.07 Å². The first-order valence-electron chi connectivity index (χ1n) is 5.05. The Labute approximate surface area is 86.4 Å². The van der Waals surface area contributed by atoms with E-state index in [1.165, 1.54) is 4.90 Å². The number of carbonyl (C=O) groups is 1. The molecule has 4 heteroatoms. The number of aliphatic hydroxyl groups is 1. The maximum absolute atomic E-state index is 11.3. The molecule has 0 saturated carbocycles. The lowest BCUT2D eigenvalue weighted by molar-refractivity contribution is -0.132. The molecular weight excluding hydrogens is 194 g/mol. The zero-order chi connectivity index (χ0) is 10.8. The molecule has 0 aliphatic carbocycles. The first-order chi connectivity index (χ1) is 6.40. The number of carbonyl (C=O) groups excluding carboxylic acids is 1. The average molecular weight is 213 g/mol. The van der Waals surface area contributed by atoms with E-state index >= 15 is 0 Å². The number of aliphatic hydroxyl groups excluding tert-OH is 1. The molecule has 80 valence electrons. The summed E-state index contributed by atoms with van der Waals surface area (Å²) in [6.45, 7) is 7.29. The normalized spacial score (nSPS) is 23.9. The van der Waals surface area contributed by atoms with Crippen molar-refractivity contribution in [1.29, 1.82) is 0 Å². The summed E-state index contributed by atoms with van der Waals surface area (Å²) >= 11 is 0. The van der Waals surface area contributed by atoms with Gasteiger partial charge in [0.25, 0.3) is 0 Å². The van der Waals surface area contributed by atoms with E-state index in [9.17, 15) is 9.90 Å². The van der Waals surface area contributed by atoms with E-state index < -0.39 is 14.3 Å². The summed E-state index contributed by atoms with van der Waals surface area (Å²) in [5.41, 5.74) is 2.20. The molecule has 0 aromatic carbocycles. The second kappa shape index (κ2) is 4.27. The van der Waals surface area contributed by atoms with Crippen LogP contribution < -0.4 is 0 Å². The summed E-state index contributed by atoms with van der Waals surface area (Å²) in [6, 6.07) is 0. The van der Waals surface area contributed by atoms with Gasteiger partial charge in [-0.2, -0.15) is 0 Å². The van der Waals surface area contributed by atoms with E-state index in [0.717, 1.165) is 0 Å². The van der Waals surface area contributed by atoms with E-state index in [1.807, 2.05) is 6.08 Å². The van der Waals surface area contributed by atoms with Crippen LogP contribution in [0.1, 0.15) is 12.8 Å². The zero-order valence-corrected chi connectivity index (χ0v) is 10.2. The SMILES string of the molecule is C[Si](C)(C)/C=C/CN1C(=O)CCC1O. The fraction of sp³-hybridized carbons (Fsp3) is 0.700. The highest BCUT2D eigenvalue weighted by Gasteiger charge is 2.27. The van der Waals surface area contributed by atoms with Crippen molar-refractivity contribution in [2.24, 2.45) is 0 Å². The van der Waals surface area contributed by atoms with Gasteiger partial charge in [-0.15, -0.1) is 0 Å². The van der Waals surface area contributed by atoms with Crippen LogP contribution in [-0.2, 0) is 4.79 Å². The highest BCUT2D eigenvalue weighted by molar-refractivity contribution is 6.80. The molecule has 1 N–H and O–H groups in total. The van der Waals surface area contributed by atoms with Crippen molar-refractivity contribution in [3.8, 4) is 0 Å². The molecule has 14 heavy (non-hydrogen) atoms. The molecule has 1 heterocycles. The van der Waals surface area contributed by atoms with Crippen LogP contribution in [0.5, 0.6) is 0 Å². The van der Waals surface area contributed by atoms with E-state index in [0.29, 0.717) is 19.4 Å². The third-order valence-electron chi connectivity index (χ3n) is 2.22. The topological polar surface area (TPSA) is 40.5 Å². The maximum Gasteiger partial charge on any atom is 0.225 e. The van der Waals surface area contributed by atoms with Crippen LogP contribution in [-0.4, -0.2) is 36.8 Å². The maximum atomic E-state index is 11.3. The molecule has 1 fully saturated rings. The molecule has 1 unspecified atom stereocenters. The third-order valence-corrected chi connectivity index (χ3v) is 3.45. The number of hydrogen-bond acceptors (Lipinski definition) is 2. The molecule has 0 radical (unpaired) electrons. The van der Waals surface area contributed by atoms with Gasteiger partial charge in [-0.3, -0.25) is 4.79 Å². The van der Waals surface area contributed by atoms with Gasteiger partial charge in [-0.1, -0.05) is 31.4 Å². The van der Waals surface area contributed by atoms with Gasteiger partial charge in [0.2, 0.25) is 5.91 Å². The number of amides is 1. The standard InChI is InChI=1S/C10H19NO2Si/c1-14(2,3)8-4-7-11-9(12)5-6-10(11)13/h4,8-9,12H,5-7H2,1-3H3/b8-4+. The largest absolute Gasteiger partial charge is 0.373 e. The van der Waals surface area contributed by atoms with Gasteiger partial charge in [0, 0.05) is 19.4 Å². The molecule has 0 aromatic rings. The Morgan fingerprint density at radius 3 is 2.64 bits per heavy atom. The number of nitrogens with zero attached hydrogens (tertiary/aromatic N) is 1. The van der Waals surface area contributed by atoms with E-state index in [-0.39, 0.29) is 5.91 Å². The van der Waals surface area contributed by atoms with Crippen molar-refractivity contribution in [2.45, 2.75) is 38.7 Å². The second-order valence-corrected chi connectivity index (χ2v) is 9.90. The van der Waals surface area contributed by atoms with Crippen molar-refractivity contribution < 1.29 is 9.90 Å². The fourth-order valence-corrected chi connectivity index (χ4v) is 2.27. The lowest BCUT2D eigenvalue weighted by Gasteiger charge is -2.19. The Balaban J connectivity index is 2.45. The second-order valence-electron chi connectivity index (χ2n) is 4.83. The Hall–Kier alpha value is -0.613. The first-order valence-corrected chi connectivity index (χ1v) is 8.63. The molecule has 1 aliphatic heterocycles. The molecular formula is C10H19NO2Si. The van der Waals surface area contributed by atoms with Crippen LogP contribution in [0.4, 0.5) is 0 Å². The summed E-state index contributed by atoms with van der Waals surface area (Å²) in [4.78, 5) is 12.8. The van der Waals surface area contributed by atoms with Crippen LogP contribution in [0.25, 0.3) is 0 Å². The minimum atomic E-state index is -1.17. The van der Waals surface area contributed by atoms with Gasteiger partial charge >= 0.3 is 0 Å². The average Bonchev–Trinajstić information content (AvgIpc) is 2.33. The Bertz CT molecular complexity index is 245. The van der Waals surface area contributed by atoms with Crippen molar-refractivity contribution in [2.75, 3.05) is 6.54 Å². The summed E-state index contributed by atoms with van der Waals surface area (Å²) in [6.07, 6.45) is 2.52. The van der Waals surface area contributed by atoms with Gasteiger partial charge in [-0.25, -0.2) is 0 Å². The molecule has 0 spiro atoms. The molecule has 1 saturated heterocycles. The summed E-state index contributed by atoms with van der Waals surface area (Å²) in [7, 11) is -1.17. The molecule has 1 aliphatic rings. The highest BCUT2D eigenvalue weighted by atomic mass is 28.3. The summed E-state index contributed by atoms with van der Waals surface area (Å²) in [5.74, 6) is 0.0673.